The van der Waals surface area contributed by atoms with Crippen LogP contribution in [0.4, 0.5) is 5.69 Å². The number of benzene rings is 2. The Morgan fingerprint density at radius 3 is 1.83 bits per heavy atom. The Bertz CT molecular complexity index is 666. The van der Waals surface area contributed by atoms with Crippen molar-refractivity contribution in [2.45, 2.75) is 39.5 Å². The number of para-hydroxylation sites is 1. The molecular weight excluding hydrogens is 294 g/mol. The van der Waals surface area contributed by atoms with Crippen LogP contribution in [0.15, 0.2) is 42.5 Å². The molecule has 0 aromatic heterocycles. The normalized spacial score (nSPS) is 10.3. The third kappa shape index (κ3) is 5.29. The zero-order valence-corrected chi connectivity index (χ0v) is 13.9. The van der Waals surface area contributed by atoms with Crippen molar-refractivity contribution in [3.05, 3.63) is 63.7 Å². The van der Waals surface area contributed by atoms with Crippen molar-refractivity contribution >= 4 is 5.69 Å². The summed E-state index contributed by atoms with van der Waals surface area (Å²) in [4.78, 5) is 9.94. The van der Waals surface area contributed by atoms with Crippen LogP contribution in [-0.2, 0) is 0 Å². The molecule has 5 nitrogen and oxygen atoms in total. The molecule has 0 atom stereocenters. The maximum Gasteiger partial charge on any atom is 0.269 e. The lowest BCUT2D eigenvalue weighted by Crippen LogP contribution is -1.92. The molecule has 0 amide bonds. The van der Waals surface area contributed by atoms with Crippen LogP contribution >= 0.6 is 0 Å². The Balaban J connectivity index is 0.000000238. The molecule has 23 heavy (non-hydrogen) atoms. The van der Waals surface area contributed by atoms with Crippen LogP contribution in [0, 0.1) is 10.1 Å². The fourth-order valence-corrected chi connectivity index (χ4v) is 2.09. The summed E-state index contributed by atoms with van der Waals surface area (Å²) in [6, 6.07) is 11.5. The van der Waals surface area contributed by atoms with Gasteiger partial charge in [0.25, 0.3) is 5.69 Å². The molecule has 0 spiro atoms. The number of phenolic OH excluding ortho intramolecular Hbond substituents is 2. The minimum atomic E-state index is -0.467. The van der Waals surface area contributed by atoms with Crippen LogP contribution in [0.3, 0.4) is 0 Å². The van der Waals surface area contributed by atoms with Crippen molar-refractivity contribution in [1.82, 2.24) is 0 Å². The van der Waals surface area contributed by atoms with Gasteiger partial charge in [0.1, 0.15) is 11.5 Å². The van der Waals surface area contributed by atoms with E-state index < -0.39 is 4.92 Å². The Kier molecular flexibility index (Phi) is 6.57. The number of nitrogens with zero attached hydrogens (tertiary/aromatic N) is 1. The van der Waals surface area contributed by atoms with E-state index >= 15 is 0 Å². The summed E-state index contributed by atoms with van der Waals surface area (Å²) >= 11 is 0. The van der Waals surface area contributed by atoms with Crippen molar-refractivity contribution in [2.75, 3.05) is 0 Å². The largest absolute Gasteiger partial charge is 0.508 e. The Morgan fingerprint density at radius 1 is 0.870 bits per heavy atom. The van der Waals surface area contributed by atoms with E-state index in [-0.39, 0.29) is 17.4 Å². The Labute approximate surface area is 136 Å². The molecule has 0 fully saturated rings. The average Bonchev–Trinajstić information content (AvgIpc) is 2.48. The molecule has 124 valence electrons. The summed E-state index contributed by atoms with van der Waals surface area (Å²) in [6.07, 6.45) is 0. The van der Waals surface area contributed by atoms with Crippen molar-refractivity contribution in [3.63, 3.8) is 0 Å². The van der Waals surface area contributed by atoms with Gasteiger partial charge in [0.15, 0.2) is 0 Å². The summed E-state index contributed by atoms with van der Waals surface area (Å²) < 4.78 is 0. The van der Waals surface area contributed by atoms with Gasteiger partial charge in [0.2, 0.25) is 0 Å². The molecule has 2 rings (SSSR count). The summed E-state index contributed by atoms with van der Waals surface area (Å²) in [5.41, 5.74) is 1.64. The molecule has 2 aromatic carbocycles. The number of phenols is 2. The highest BCUT2D eigenvalue weighted by Gasteiger charge is 2.12. The Morgan fingerprint density at radius 2 is 1.39 bits per heavy atom. The van der Waals surface area contributed by atoms with Crippen molar-refractivity contribution < 1.29 is 15.1 Å². The van der Waals surface area contributed by atoms with Gasteiger partial charge in [-0.1, -0.05) is 45.9 Å². The number of hydrogen-bond acceptors (Lipinski definition) is 4. The summed E-state index contributed by atoms with van der Waals surface area (Å²) in [7, 11) is 0. The summed E-state index contributed by atoms with van der Waals surface area (Å²) in [6.45, 7) is 7.88. The first kappa shape index (κ1) is 18.5. The van der Waals surface area contributed by atoms with Gasteiger partial charge in [-0.2, -0.15) is 0 Å². The smallest absolute Gasteiger partial charge is 0.269 e. The molecule has 0 unspecified atom stereocenters. The first-order chi connectivity index (χ1) is 10.7. The topological polar surface area (TPSA) is 83.6 Å². The minimum Gasteiger partial charge on any atom is -0.508 e. The fourth-order valence-electron chi connectivity index (χ4n) is 2.09. The lowest BCUT2D eigenvalue weighted by atomic mass is 10.0. The highest BCUT2D eigenvalue weighted by Crippen LogP contribution is 2.28. The molecule has 0 radical (unpaired) electrons. The second kappa shape index (κ2) is 8.17. The second-order valence-corrected chi connectivity index (χ2v) is 5.87. The molecule has 5 heteroatoms. The minimum absolute atomic E-state index is 0.0153. The molecule has 0 aliphatic heterocycles. The van der Waals surface area contributed by atoms with E-state index in [1.54, 1.807) is 6.07 Å². The number of hydrogen-bond donors (Lipinski definition) is 2. The highest BCUT2D eigenvalue weighted by molar-refractivity contribution is 5.44. The summed E-state index contributed by atoms with van der Waals surface area (Å²) in [5.74, 6) is 0.999. The zero-order valence-electron chi connectivity index (χ0n) is 13.9. The van der Waals surface area contributed by atoms with Gasteiger partial charge >= 0.3 is 0 Å². The molecule has 0 bridgehead atoms. The molecule has 0 saturated heterocycles. The first-order valence-corrected chi connectivity index (χ1v) is 7.49. The van der Waals surface area contributed by atoms with E-state index in [4.69, 9.17) is 0 Å². The van der Waals surface area contributed by atoms with Crippen LogP contribution in [0.5, 0.6) is 11.5 Å². The third-order valence-corrected chi connectivity index (χ3v) is 3.40. The monoisotopic (exact) mass is 317 g/mol. The molecule has 2 N–H and O–H groups in total. The van der Waals surface area contributed by atoms with E-state index in [0.717, 1.165) is 5.56 Å². The molecule has 2 aromatic rings. The Hall–Kier alpha value is -2.56. The number of non-ortho nitro benzene ring substituents is 1. The lowest BCUT2D eigenvalue weighted by Gasteiger charge is -2.06. The first-order valence-electron chi connectivity index (χ1n) is 7.49. The third-order valence-electron chi connectivity index (χ3n) is 3.40. The quantitative estimate of drug-likeness (QED) is 0.620. The number of rotatable bonds is 3. The molecule has 0 heterocycles. The van der Waals surface area contributed by atoms with E-state index in [2.05, 4.69) is 13.8 Å². The van der Waals surface area contributed by atoms with Gasteiger partial charge in [0.05, 0.1) is 4.92 Å². The molecular formula is C18H23NO4. The predicted molar refractivity (Wildman–Crippen MR) is 91.0 cm³/mol. The van der Waals surface area contributed by atoms with E-state index in [0.29, 0.717) is 17.2 Å². The predicted octanol–water partition coefficient (Wildman–Crippen LogP) is 4.94. The zero-order chi connectivity index (χ0) is 17.6. The van der Waals surface area contributed by atoms with Crippen molar-refractivity contribution in [1.29, 1.82) is 0 Å². The maximum atomic E-state index is 10.4. The maximum absolute atomic E-state index is 10.4. The van der Waals surface area contributed by atoms with Crippen LogP contribution in [0.1, 0.15) is 50.7 Å². The lowest BCUT2D eigenvalue weighted by molar-refractivity contribution is -0.385. The fraction of sp³-hybridized carbons (Fsp3) is 0.333. The van der Waals surface area contributed by atoms with Gasteiger partial charge in [-0.25, -0.2) is 0 Å². The van der Waals surface area contributed by atoms with Crippen LogP contribution in [0.25, 0.3) is 0 Å². The van der Waals surface area contributed by atoms with Gasteiger partial charge in [-0.3, -0.25) is 10.1 Å². The van der Waals surface area contributed by atoms with E-state index in [9.17, 15) is 20.3 Å². The SMILES string of the molecule is CC(C)c1cc([N+](=O)[O-])ccc1O.CC(C)c1ccccc1O. The van der Waals surface area contributed by atoms with Gasteiger partial charge in [0, 0.05) is 17.7 Å². The summed E-state index contributed by atoms with van der Waals surface area (Å²) in [5, 5.41) is 29.1. The van der Waals surface area contributed by atoms with Crippen molar-refractivity contribution in [2.24, 2.45) is 0 Å². The number of nitro benzene ring substituents is 1. The molecule has 0 aliphatic carbocycles. The standard InChI is InChI=1S/C9H11NO3.C9H12O/c1-6(2)8-5-7(10(12)13)3-4-9(8)11;1-7(2)8-5-3-4-6-9(8)10/h3-6,11H,1-2H3;3-7,10H,1-2H3. The number of nitro groups is 1. The van der Waals surface area contributed by atoms with Gasteiger partial charge < -0.3 is 10.2 Å². The van der Waals surface area contributed by atoms with Crippen molar-refractivity contribution in [3.8, 4) is 11.5 Å². The highest BCUT2D eigenvalue weighted by atomic mass is 16.6. The second-order valence-electron chi connectivity index (χ2n) is 5.87. The average molecular weight is 317 g/mol. The van der Waals surface area contributed by atoms with E-state index in [1.807, 2.05) is 32.0 Å². The van der Waals surface area contributed by atoms with Crippen LogP contribution in [0.2, 0.25) is 0 Å². The van der Waals surface area contributed by atoms with Gasteiger partial charge in [-0.05, 0) is 29.5 Å². The van der Waals surface area contributed by atoms with Gasteiger partial charge in [-0.15, -0.1) is 0 Å². The van der Waals surface area contributed by atoms with E-state index in [1.165, 1.54) is 18.2 Å². The number of aromatic hydroxyl groups is 2. The molecule has 0 aliphatic rings. The van der Waals surface area contributed by atoms with Crippen LogP contribution < -0.4 is 0 Å². The molecule has 0 saturated carbocycles. The van der Waals surface area contributed by atoms with Crippen LogP contribution in [-0.4, -0.2) is 15.1 Å².